The maximum Gasteiger partial charge on any atom is 0.255 e. The molecule has 3 N–H and O–H groups in total. The van der Waals surface area contributed by atoms with Crippen molar-refractivity contribution < 1.29 is 14.6 Å². The summed E-state index contributed by atoms with van der Waals surface area (Å²) in [4.78, 5) is 13.3. The van der Waals surface area contributed by atoms with Crippen LogP contribution in [0.1, 0.15) is 37.7 Å². The lowest BCUT2D eigenvalue weighted by Crippen LogP contribution is -2.52. The zero-order valence-corrected chi connectivity index (χ0v) is 13.8. The first-order valence-corrected chi connectivity index (χ1v) is 8.54. The van der Waals surface area contributed by atoms with Crippen LogP contribution in [0.5, 0.6) is 5.75 Å². The van der Waals surface area contributed by atoms with Gasteiger partial charge in [-0.25, -0.2) is 0 Å². The Balaban J connectivity index is 1.68. The van der Waals surface area contributed by atoms with Crippen LogP contribution >= 0.6 is 11.6 Å². The molecule has 2 heterocycles. The predicted molar refractivity (Wildman–Crippen MR) is 88.4 cm³/mol. The van der Waals surface area contributed by atoms with Gasteiger partial charge < -0.3 is 15.6 Å². The Morgan fingerprint density at radius 2 is 2.04 bits per heavy atom. The molecule has 1 aromatic rings. The van der Waals surface area contributed by atoms with E-state index in [1.54, 1.807) is 6.07 Å². The van der Waals surface area contributed by atoms with E-state index < -0.39 is 5.91 Å². The number of hydrogen-bond donors (Lipinski definition) is 2. The normalized spacial score (nSPS) is 27.7. The first kappa shape index (κ1) is 16.6. The number of fused-ring (bicyclic) bond motifs is 2. The molecule has 0 spiro atoms. The molecule has 0 aliphatic carbocycles. The molecule has 2 bridgehead atoms. The monoisotopic (exact) mass is 338 g/mol. The third-order valence-electron chi connectivity index (χ3n) is 4.83. The molecule has 2 saturated heterocycles. The predicted octanol–water partition coefficient (Wildman–Crippen LogP) is 2.08. The minimum Gasteiger partial charge on any atom is -0.482 e. The lowest BCUT2D eigenvalue weighted by molar-refractivity contribution is -0.119. The van der Waals surface area contributed by atoms with Gasteiger partial charge in [-0.2, -0.15) is 0 Å². The molecule has 23 heavy (non-hydrogen) atoms. The van der Waals surface area contributed by atoms with Gasteiger partial charge in [-0.05, 0) is 43.4 Å². The summed E-state index contributed by atoms with van der Waals surface area (Å²) in [5.74, 6) is -0.0479. The lowest BCUT2D eigenvalue weighted by Gasteiger charge is -2.47. The number of nitrogens with two attached hydrogens (primary N) is 1. The number of amides is 1. The summed E-state index contributed by atoms with van der Waals surface area (Å²) in [6.45, 7) is 0.658. The summed E-state index contributed by atoms with van der Waals surface area (Å²) in [6.07, 6.45) is 5.13. The number of carbonyl (C=O) groups is 1. The third-order valence-corrected chi connectivity index (χ3v) is 5.13. The Labute approximate surface area is 141 Å². The first-order valence-electron chi connectivity index (χ1n) is 8.16. The second-order valence-corrected chi connectivity index (χ2v) is 6.96. The Hall–Kier alpha value is -1.30. The van der Waals surface area contributed by atoms with Gasteiger partial charge in [0.1, 0.15) is 5.75 Å². The summed E-state index contributed by atoms with van der Waals surface area (Å²) < 4.78 is 5.28. The van der Waals surface area contributed by atoms with Gasteiger partial charge in [0.2, 0.25) is 0 Å². The summed E-state index contributed by atoms with van der Waals surface area (Å²) >= 11 is 6.24. The van der Waals surface area contributed by atoms with Crippen LogP contribution in [0.15, 0.2) is 18.2 Å². The van der Waals surface area contributed by atoms with Crippen molar-refractivity contribution in [3.05, 3.63) is 28.8 Å². The molecule has 2 aliphatic heterocycles. The fraction of sp³-hybridized carbons (Fsp3) is 0.588. The Morgan fingerprint density at radius 1 is 1.35 bits per heavy atom. The van der Waals surface area contributed by atoms with Gasteiger partial charge in [-0.3, -0.25) is 9.69 Å². The van der Waals surface area contributed by atoms with E-state index in [9.17, 15) is 9.90 Å². The highest BCUT2D eigenvalue weighted by atomic mass is 35.5. The molecule has 0 aromatic heterocycles. The van der Waals surface area contributed by atoms with Crippen LogP contribution in [0, 0.1) is 0 Å². The maximum atomic E-state index is 10.8. The molecule has 3 rings (SSSR count). The van der Waals surface area contributed by atoms with E-state index >= 15 is 0 Å². The van der Waals surface area contributed by atoms with Gasteiger partial charge in [0.05, 0.1) is 11.1 Å². The number of piperidine rings is 2. The van der Waals surface area contributed by atoms with Gasteiger partial charge in [0, 0.05) is 18.6 Å². The molecular formula is C17H23ClN2O3. The van der Waals surface area contributed by atoms with Crippen LogP contribution < -0.4 is 10.5 Å². The van der Waals surface area contributed by atoms with Crippen molar-refractivity contribution in [1.82, 2.24) is 4.90 Å². The standard InChI is InChI=1S/C17H23ClN2O3/c18-15-6-11(4-5-16(15)23-10-17(19)22)9-20-12-2-1-3-13(20)8-14(21)7-12/h4-6,12-14,21H,1-3,7-10H2,(H2,19,22)/t12-,13+,14?. The van der Waals surface area contributed by atoms with Crippen molar-refractivity contribution in [2.45, 2.75) is 56.8 Å². The zero-order chi connectivity index (χ0) is 16.4. The molecular weight excluding hydrogens is 316 g/mol. The average Bonchev–Trinajstić information content (AvgIpc) is 2.47. The number of benzene rings is 1. The number of primary amides is 1. The van der Waals surface area contributed by atoms with Gasteiger partial charge in [-0.1, -0.05) is 24.1 Å². The van der Waals surface area contributed by atoms with Crippen LogP contribution in [0.2, 0.25) is 5.02 Å². The minimum atomic E-state index is -0.523. The molecule has 5 nitrogen and oxygen atoms in total. The van der Waals surface area contributed by atoms with Crippen LogP contribution in [0.25, 0.3) is 0 Å². The van der Waals surface area contributed by atoms with E-state index in [0.717, 1.165) is 37.8 Å². The number of hydrogen-bond acceptors (Lipinski definition) is 4. The van der Waals surface area contributed by atoms with Crippen molar-refractivity contribution in [1.29, 1.82) is 0 Å². The van der Waals surface area contributed by atoms with Gasteiger partial charge in [0.25, 0.3) is 5.91 Å². The molecule has 1 aromatic carbocycles. The van der Waals surface area contributed by atoms with Crippen LogP contribution in [-0.2, 0) is 11.3 Å². The highest BCUT2D eigenvalue weighted by Gasteiger charge is 2.37. The molecule has 1 amide bonds. The van der Waals surface area contributed by atoms with Crippen molar-refractivity contribution in [2.75, 3.05) is 6.61 Å². The second-order valence-electron chi connectivity index (χ2n) is 6.56. The maximum absolute atomic E-state index is 10.8. The Bertz CT molecular complexity index is 567. The van der Waals surface area contributed by atoms with Crippen molar-refractivity contribution in [2.24, 2.45) is 5.73 Å². The van der Waals surface area contributed by atoms with E-state index in [4.69, 9.17) is 22.1 Å². The van der Waals surface area contributed by atoms with Crippen LogP contribution in [-0.4, -0.2) is 40.7 Å². The smallest absolute Gasteiger partial charge is 0.255 e. The molecule has 3 atom stereocenters. The number of aliphatic hydroxyl groups excluding tert-OH is 1. The number of halogens is 1. The molecule has 126 valence electrons. The molecule has 2 fully saturated rings. The SMILES string of the molecule is NC(=O)COc1ccc(CN2[C@@H]3CCC[C@H]2CC(O)C3)cc1Cl. The minimum absolute atomic E-state index is 0.158. The third kappa shape index (κ3) is 3.97. The van der Waals surface area contributed by atoms with Crippen molar-refractivity contribution in [3.63, 3.8) is 0 Å². The zero-order valence-electron chi connectivity index (χ0n) is 13.1. The van der Waals surface area contributed by atoms with Crippen LogP contribution in [0.4, 0.5) is 0 Å². The lowest BCUT2D eigenvalue weighted by atomic mass is 9.82. The Kier molecular flexibility index (Phi) is 5.09. The fourth-order valence-corrected chi connectivity index (χ4v) is 4.09. The topological polar surface area (TPSA) is 75.8 Å². The number of ether oxygens (including phenoxy) is 1. The molecule has 0 saturated carbocycles. The summed E-state index contributed by atoms with van der Waals surface area (Å²) in [5.41, 5.74) is 6.19. The number of carbonyl (C=O) groups excluding carboxylic acids is 1. The first-order chi connectivity index (χ1) is 11.0. The number of rotatable bonds is 5. The molecule has 1 unspecified atom stereocenters. The van der Waals surface area contributed by atoms with E-state index in [-0.39, 0.29) is 12.7 Å². The van der Waals surface area contributed by atoms with E-state index in [0.29, 0.717) is 22.9 Å². The van der Waals surface area contributed by atoms with E-state index in [1.807, 2.05) is 12.1 Å². The average molecular weight is 339 g/mol. The highest BCUT2D eigenvalue weighted by molar-refractivity contribution is 6.32. The molecule has 6 heteroatoms. The van der Waals surface area contributed by atoms with Gasteiger partial charge >= 0.3 is 0 Å². The van der Waals surface area contributed by atoms with Crippen molar-refractivity contribution in [3.8, 4) is 5.75 Å². The van der Waals surface area contributed by atoms with Crippen molar-refractivity contribution >= 4 is 17.5 Å². The Morgan fingerprint density at radius 3 is 2.65 bits per heavy atom. The largest absolute Gasteiger partial charge is 0.482 e. The summed E-state index contributed by atoms with van der Waals surface area (Å²) in [6, 6.07) is 6.57. The molecule has 0 radical (unpaired) electrons. The quantitative estimate of drug-likeness (QED) is 0.862. The highest BCUT2D eigenvalue weighted by Crippen LogP contribution is 2.36. The number of nitrogens with zero attached hydrogens (tertiary/aromatic N) is 1. The fourth-order valence-electron chi connectivity index (χ4n) is 3.83. The molecule has 2 aliphatic rings. The summed E-state index contributed by atoms with van der Waals surface area (Å²) in [7, 11) is 0. The van der Waals surface area contributed by atoms with Crippen LogP contribution in [0.3, 0.4) is 0 Å². The second kappa shape index (κ2) is 7.07. The van der Waals surface area contributed by atoms with E-state index in [2.05, 4.69) is 4.90 Å². The van der Waals surface area contributed by atoms with Gasteiger partial charge in [0.15, 0.2) is 6.61 Å². The van der Waals surface area contributed by atoms with Gasteiger partial charge in [-0.15, -0.1) is 0 Å². The van der Waals surface area contributed by atoms with E-state index in [1.165, 1.54) is 6.42 Å². The number of aliphatic hydroxyl groups is 1. The summed E-state index contributed by atoms with van der Waals surface area (Å²) in [5, 5.41) is 10.5.